The zero-order chi connectivity index (χ0) is 16.3. The fourth-order valence-electron chi connectivity index (χ4n) is 2.70. The van der Waals surface area contributed by atoms with Gasteiger partial charge in [0.05, 0.1) is 0 Å². The van der Waals surface area contributed by atoms with Gasteiger partial charge in [0.25, 0.3) is 0 Å². The number of rotatable bonds is 17. The molecule has 0 aliphatic heterocycles. The Bertz CT molecular complexity index is 258. The highest BCUT2D eigenvalue weighted by Crippen LogP contribution is 2.11. The Balaban J connectivity index is 3.06. The molecular formula is C20H38O2. The summed E-state index contributed by atoms with van der Waals surface area (Å²) in [5, 5.41) is 8.53. The van der Waals surface area contributed by atoms with Crippen molar-refractivity contribution >= 4 is 5.97 Å². The second-order valence-corrected chi connectivity index (χ2v) is 6.44. The first-order chi connectivity index (χ1) is 10.8. The number of aliphatic carboxylic acids is 1. The summed E-state index contributed by atoms with van der Waals surface area (Å²) in [7, 11) is 0. The Morgan fingerprint density at radius 3 is 1.55 bits per heavy atom. The first-order valence-electron chi connectivity index (χ1n) is 9.64. The lowest BCUT2D eigenvalue weighted by atomic mass is 10.1. The molecule has 0 aliphatic carbocycles. The van der Waals surface area contributed by atoms with Crippen LogP contribution in [0.25, 0.3) is 0 Å². The van der Waals surface area contributed by atoms with Crippen LogP contribution in [0, 0.1) is 0 Å². The summed E-state index contributed by atoms with van der Waals surface area (Å²) < 4.78 is 0. The molecule has 0 unspecified atom stereocenters. The lowest BCUT2D eigenvalue weighted by Crippen LogP contribution is -1.93. The van der Waals surface area contributed by atoms with Crippen LogP contribution in [0.1, 0.15) is 110 Å². The SMILES string of the molecule is CCCCCCC/C=C/CCCCCCCCCCC(=O)O. The van der Waals surface area contributed by atoms with Crippen LogP contribution >= 0.6 is 0 Å². The number of hydrogen-bond donors (Lipinski definition) is 1. The summed E-state index contributed by atoms with van der Waals surface area (Å²) in [5.41, 5.74) is 0. The van der Waals surface area contributed by atoms with E-state index in [0.29, 0.717) is 6.42 Å². The van der Waals surface area contributed by atoms with Gasteiger partial charge in [-0.05, 0) is 32.1 Å². The molecule has 0 bridgehead atoms. The predicted octanol–water partition coefficient (Wildman–Crippen LogP) is 6.89. The van der Waals surface area contributed by atoms with E-state index in [1.54, 1.807) is 0 Å². The quantitative estimate of drug-likeness (QED) is 0.234. The molecule has 0 radical (unpaired) electrons. The monoisotopic (exact) mass is 310 g/mol. The molecule has 0 saturated heterocycles. The van der Waals surface area contributed by atoms with Crippen LogP contribution in [0.3, 0.4) is 0 Å². The van der Waals surface area contributed by atoms with E-state index in [-0.39, 0.29) is 0 Å². The van der Waals surface area contributed by atoms with E-state index >= 15 is 0 Å². The summed E-state index contributed by atoms with van der Waals surface area (Å²) in [6.07, 6.45) is 24.2. The molecule has 0 saturated carbocycles. The maximum atomic E-state index is 10.4. The smallest absolute Gasteiger partial charge is 0.303 e. The van der Waals surface area contributed by atoms with E-state index < -0.39 is 5.97 Å². The third kappa shape index (κ3) is 19.2. The van der Waals surface area contributed by atoms with Crippen molar-refractivity contribution in [3.8, 4) is 0 Å². The van der Waals surface area contributed by atoms with Gasteiger partial charge >= 0.3 is 5.97 Å². The van der Waals surface area contributed by atoms with Crippen molar-refractivity contribution in [3.05, 3.63) is 12.2 Å². The van der Waals surface area contributed by atoms with Gasteiger partial charge in [0.15, 0.2) is 0 Å². The average Bonchev–Trinajstić information content (AvgIpc) is 2.50. The highest BCUT2D eigenvalue weighted by atomic mass is 16.4. The molecule has 0 heterocycles. The van der Waals surface area contributed by atoms with Gasteiger partial charge in [-0.2, -0.15) is 0 Å². The maximum absolute atomic E-state index is 10.4. The second-order valence-electron chi connectivity index (χ2n) is 6.44. The molecular weight excluding hydrogens is 272 g/mol. The first kappa shape index (κ1) is 21.2. The second kappa shape index (κ2) is 18.3. The minimum absolute atomic E-state index is 0.338. The standard InChI is InChI=1S/C20H38O2/c1-2-3-4-5-6-7-8-9-10-11-12-13-14-15-16-17-18-19-20(21)22/h8-9H,2-7,10-19H2,1H3,(H,21,22)/b9-8+. The molecule has 0 fully saturated rings. The number of carbonyl (C=O) groups is 1. The fraction of sp³-hybridized carbons (Fsp3) is 0.850. The van der Waals surface area contributed by atoms with Gasteiger partial charge in [0.2, 0.25) is 0 Å². The summed E-state index contributed by atoms with van der Waals surface area (Å²) in [4.78, 5) is 10.4. The molecule has 0 aromatic carbocycles. The largest absolute Gasteiger partial charge is 0.481 e. The Kier molecular flexibility index (Phi) is 17.6. The molecule has 130 valence electrons. The molecule has 0 atom stereocenters. The molecule has 1 N–H and O–H groups in total. The summed E-state index contributed by atoms with van der Waals surface area (Å²) in [6.45, 7) is 2.26. The van der Waals surface area contributed by atoms with Gasteiger partial charge in [0.1, 0.15) is 0 Å². The molecule has 0 aromatic rings. The predicted molar refractivity (Wildman–Crippen MR) is 96.3 cm³/mol. The zero-order valence-corrected chi connectivity index (χ0v) is 14.8. The normalized spacial score (nSPS) is 11.3. The fourth-order valence-corrected chi connectivity index (χ4v) is 2.70. The molecule has 0 aliphatic rings. The Hall–Kier alpha value is -0.790. The number of unbranched alkanes of at least 4 members (excludes halogenated alkanes) is 13. The highest BCUT2D eigenvalue weighted by Gasteiger charge is 1.96. The van der Waals surface area contributed by atoms with Crippen molar-refractivity contribution in [1.82, 2.24) is 0 Å². The van der Waals surface area contributed by atoms with Crippen molar-refractivity contribution in [2.45, 2.75) is 110 Å². The van der Waals surface area contributed by atoms with Gasteiger partial charge in [-0.25, -0.2) is 0 Å². The highest BCUT2D eigenvalue weighted by molar-refractivity contribution is 5.66. The van der Waals surface area contributed by atoms with Crippen LogP contribution in [0.2, 0.25) is 0 Å². The molecule has 0 spiro atoms. The molecule has 0 amide bonds. The number of allylic oxidation sites excluding steroid dienone is 2. The third-order valence-electron chi connectivity index (χ3n) is 4.15. The van der Waals surface area contributed by atoms with Crippen LogP contribution in [0.4, 0.5) is 0 Å². The van der Waals surface area contributed by atoms with Crippen LogP contribution < -0.4 is 0 Å². The van der Waals surface area contributed by atoms with Crippen molar-refractivity contribution in [2.24, 2.45) is 0 Å². The van der Waals surface area contributed by atoms with Gasteiger partial charge in [-0.15, -0.1) is 0 Å². The molecule has 2 nitrogen and oxygen atoms in total. The lowest BCUT2D eigenvalue weighted by Gasteiger charge is -2.01. The lowest BCUT2D eigenvalue weighted by molar-refractivity contribution is -0.137. The van der Waals surface area contributed by atoms with Crippen LogP contribution in [-0.2, 0) is 4.79 Å². The van der Waals surface area contributed by atoms with Crippen LogP contribution in [-0.4, -0.2) is 11.1 Å². The Morgan fingerprint density at radius 2 is 1.09 bits per heavy atom. The van der Waals surface area contributed by atoms with E-state index in [1.807, 2.05) is 0 Å². The molecule has 0 rings (SSSR count). The van der Waals surface area contributed by atoms with Gasteiger partial charge in [0, 0.05) is 6.42 Å². The number of carboxylic acid groups (broad SMARTS) is 1. The summed E-state index contributed by atoms with van der Waals surface area (Å²) >= 11 is 0. The maximum Gasteiger partial charge on any atom is 0.303 e. The molecule has 2 heteroatoms. The van der Waals surface area contributed by atoms with E-state index in [2.05, 4.69) is 19.1 Å². The van der Waals surface area contributed by atoms with E-state index in [1.165, 1.54) is 83.5 Å². The summed E-state index contributed by atoms with van der Waals surface area (Å²) in [6, 6.07) is 0. The van der Waals surface area contributed by atoms with Crippen molar-refractivity contribution in [1.29, 1.82) is 0 Å². The summed E-state index contributed by atoms with van der Waals surface area (Å²) in [5.74, 6) is -0.658. The first-order valence-corrected chi connectivity index (χ1v) is 9.64. The average molecular weight is 311 g/mol. The van der Waals surface area contributed by atoms with Gasteiger partial charge in [-0.1, -0.05) is 83.3 Å². The van der Waals surface area contributed by atoms with Crippen molar-refractivity contribution in [3.63, 3.8) is 0 Å². The Labute approximate surface area is 138 Å². The van der Waals surface area contributed by atoms with Gasteiger partial charge in [-0.3, -0.25) is 4.79 Å². The minimum Gasteiger partial charge on any atom is -0.481 e. The zero-order valence-electron chi connectivity index (χ0n) is 14.8. The van der Waals surface area contributed by atoms with Crippen LogP contribution in [0.5, 0.6) is 0 Å². The van der Waals surface area contributed by atoms with E-state index in [4.69, 9.17) is 5.11 Å². The van der Waals surface area contributed by atoms with E-state index in [9.17, 15) is 4.79 Å². The number of hydrogen-bond acceptors (Lipinski definition) is 1. The van der Waals surface area contributed by atoms with E-state index in [0.717, 1.165) is 12.8 Å². The van der Waals surface area contributed by atoms with Crippen molar-refractivity contribution in [2.75, 3.05) is 0 Å². The number of carboxylic acids is 1. The topological polar surface area (TPSA) is 37.3 Å². The Morgan fingerprint density at radius 1 is 0.682 bits per heavy atom. The third-order valence-corrected chi connectivity index (χ3v) is 4.15. The molecule has 0 aromatic heterocycles. The van der Waals surface area contributed by atoms with Crippen molar-refractivity contribution < 1.29 is 9.90 Å². The molecule has 22 heavy (non-hydrogen) atoms. The van der Waals surface area contributed by atoms with Gasteiger partial charge < -0.3 is 5.11 Å². The minimum atomic E-state index is -0.658. The van der Waals surface area contributed by atoms with Crippen LogP contribution in [0.15, 0.2) is 12.2 Å².